The highest BCUT2D eigenvalue weighted by molar-refractivity contribution is 6.24. The number of halogens is 1. The summed E-state index contributed by atoms with van der Waals surface area (Å²) in [6.07, 6.45) is 0.386. The van der Waals surface area contributed by atoms with Crippen molar-refractivity contribution in [2.45, 2.75) is 18.7 Å². The molecule has 4 nitrogen and oxygen atoms in total. The highest BCUT2D eigenvalue weighted by Crippen LogP contribution is 2.26. The predicted molar refractivity (Wildman–Crippen MR) is 72.1 cm³/mol. The molecule has 18 heavy (non-hydrogen) atoms. The number of carbonyl (C=O) groups excluding carboxylic acids is 2. The smallest absolute Gasteiger partial charge is 0.228 e. The van der Waals surface area contributed by atoms with Crippen molar-refractivity contribution in [1.82, 2.24) is 0 Å². The largest absolute Gasteiger partial charge is 0.316 e. The summed E-state index contributed by atoms with van der Waals surface area (Å²) >= 11 is 5.96. The topological polar surface area (TPSA) is 40.6 Å². The van der Waals surface area contributed by atoms with Gasteiger partial charge in [-0.3, -0.25) is 9.59 Å². The Morgan fingerprint density at radius 2 is 2.00 bits per heavy atom. The number of benzene rings is 1. The molecule has 1 fully saturated rings. The lowest BCUT2D eigenvalue weighted by Crippen LogP contribution is -2.25. The third-order valence-corrected chi connectivity index (χ3v) is 3.39. The number of hydrogen-bond donors (Lipinski definition) is 0. The van der Waals surface area contributed by atoms with Crippen LogP contribution < -0.4 is 9.80 Å². The first kappa shape index (κ1) is 12.9. The molecule has 1 aromatic carbocycles. The van der Waals surface area contributed by atoms with E-state index in [0.29, 0.717) is 13.0 Å². The number of hydrogen-bond acceptors (Lipinski definition) is 2. The molecule has 1 saturated heterocycles. The highest BCUT2D eigenvalue weighted by Gasteiger charge is 2.28. The minimum Gasteiger partial charge on any atom is -0.316 e. The second kappa shape index (κ2) is 4.98. The first-order chi connectivity index (χ1) is 8.49. The molecule has 0 spiro atoms. The average Bonchev–Trinajstić information content (AvgIpc) is 2.67. The van der Waals surface area contributed by atoms with Gasteiger partial charge in [-0.05, 0) is 24.3 Å². The van der Waals surface area contributed by atoms with Crippen LogP contribution in [-0.2, 0) is 9.59 Å². The van der Waals surface area contributed by atoms with Crippen molar-refractivity contribution in [3.63, 3.8) is 0 Å². The zero-order chi connectivity index (χ0) is 13.3. The van der Waals surface area contributed by atoms with Crippen LogP contribution >= 0.6 is 11.6 Å². The summed E-state index contributed by atoms with van der Waals surface area (Å²) in [6.45, 7) is 2.05. The summed E-state index contributed by atoms with van der Waals surface area (Å²) in [4.78, 5) is 26.1. The number of rotatable bonds is 2. The van der Waals surface area contributed by atoms with Crippen LogP contribution in [0.1, 0.15) is 13.3 Å². The number of nitrogens with zero attached hydrogens (tertiary/aromatic N) is 2. The van der Waals surface area contributed by atoms with Crippen LogP contribution in [-0.4, -0.2) is 30.8 Å². The fourth-order valence-electron chi connectivity index (χ4n) is 1.95. The summed E-state index contributed by atoms with van der Waals surface area (Å²) in [5.41, 5.74) is 1.63. The zero-order valence-electron chi connectivity index (χ0n) is 10.4. The molecule has 0 saturated carbocycles. The second-order valence-electron chi connectivity index (χ2n) is 4.40. The minimum absolute atomic E-state index is 0.0270. The SMILES string of the molecule is CC(=O)N(C)c1ccc(N2CC(Cl)CC2=O)cc1. The molecule has 1 aliphatic heterocycles. The molecule has 1 heterocycles. The average molecular weight is 267 g/mol. The van der Waals surface area contributed by atoms with E-state index in [0.717, 1.165) is 11.4 Å². The van der Waals surface area contributed by atoms with Gasteiger partial charge < -0.3 is 9.80 Å². The fraction of sp³-hybridized carbons (Fsp3) is 0.385. The minimum atomic E-state index is -0.114. The Morgan fingerprint density at radius 1 is 1.39 bits per heavy atom. The summed E-state index contributed by atoms with van der Waals surface area (Å²) in [5, 5.41) is -0.114. The van der Waals surface area contributed by atoms with Crippen LogP contribution in [0.4, 0.5) is 11.4 Å². The van der Waals surface area contributed by atoms with E-state index in [1.807, 2.05) is 24.3 Å². The van der Waals surface area contributed by atoms with Crippen molar-refractivity contribution in [2.24, 2.45) is 0 Å². The van der Waals surface area contributed by atoms with Gasteiger partial charge in [0.15, 0.2) is 0 Å². The zero-order valence-corrected chi connectivity index (χ0v) is 11.1. The predicted octanol–water partition coefficient (Wildman–Crippen LogP) is 2.01. The van der Waals surface area contributed by atoms with Gasteiger partial charge in [0.05, 0.1) is 5.38 Å². The molecule has 0 N–H and O–H groups in total. The molecule has 1 aromatic rings. The maximum absolute atomic E-state index is 11.7. The Kier molecular flexibility index (Phi) is 3.57. The number of amides is 2. The van der Waals surface area contributed by atoms with Crippen LogP contribution in [0.3, 0.4) is 0 Å². The molecule has 0 radical (unpaired) electrons. The Balaban J connectivity index is 2.18. The molecule has 5 heteroatoms. The third-order valence-electron chi connectivity index (χ3n) is 3.10. The van der Waals surface area contributed by atoms with Gasteiger partial charge in [-0.25, -0.2) is 0 Å². The first-order valence-electron chi connectivity index (χ1n) is 5.78. The van der Waals surface area contributed by atoms with E-state index in [9.17, 15) is 9.59 Å². The van der Waals surface area contributed by atoms with Crippen LogP contribution in [0.5, 0.6) is 0 Å². The van der Waals surface area contributed by atoms with E-state index in [1.165, 1.54) is 6.92 Å². The van der Waals surface area contributed by atoms with Crippen LogP contribution in [0.2, 0.25) is 0 Å². The summed E-state index contributed by atoms with van der Waals surface area (Å²) in [6, 6.07) is 7.32. The normalized spacial score (nSPS) is 19.2. The quantitative estimate of drug-likeness (QED) is 0.769. The lowest BCUT2D eigenvalue weighted by Gasteiger charge is -2.19. The van der Waals surface area contributed by atoms with Gasteiger partial charge in [0.25, 0.3) is 0 Å². The van der Waals surface area contributed by atoms with E-state index in [1.54, 1.807) is 16.8 Å². The molecule has 1 unspecified atom stereocenters. The molecule has 0 aliphatic carbocycles. The standard InChI is InChI=1S/C13H15ClN2O2/c1-9(17)15(2)11-3-5-12(6-4-11)16-8-10(14)7-13(16)18/h3-6,10H,7-8H2,1-2H3. The molecule has 0 aromatic heterocycles. The van der Waals surface area contributed by atoms with Gasteiger partial charge in [0.1, 0.15) is 0 Å². The Hall–Kier alpha value is -1.55. The van der Waals surface area contributed by atoms with E-state index >= 15 is 0 Å². The number of anilines is 2. The lowest BCUT2D eigenvalue weighted by molar-refractivity contribution is -0.117. The van der Waals surface area contributed by atoms with E-state index < -0.39 is 0 Å². The Labute approximate surface area is 111 Å². The molecule has 2 amide bonds. The van der Waals surface area contributed by atoms with Crippen LogP contribution in [0.15, 0.2) is 24.3 Å². The van der Waals surface area contributed by atoms with Crippen molar-refractivity contribution >= 4 is 34.8 Å². The number of alkyl halides is 1. The van der Waals surface area contributed by atoms with Crippen molar-refractivity contribution in [3.05, 3.63) is 24.3 Å². The van der Waals surface area contributed by atoms with Crippen molar-refractivity contribution in [2.75, 3.05) is 23.4 Å². The van der Waals surface area contributed by atoms with Crippen molar-refractivity contribution in [1.29, 1.82) is 0 Å². The molecule has 0 bridgehead atoms. The van der Waals surface area contributed by atoms with Crippen LogP contribution in [0.25, 0.3) is 0 Å². The summed E-state index contributed by atoms with van der Waals surface area (Å²) in [5.74, 6) is 0.0171. The molecule has 1 atom stereocenters. The summed E-state index contributed by atoms with van der Waals surface area (Å²) < 4.78 is 0. The molecular formula is C13H15ClN2O2. The molecule has 1 aliphatic rings. The second-order valence-corrected chi connectivity index (χ2v) is 5.02. The highest BCUT2D eigenvalue weighted by atomic mass is 35.5. The van der Waals surface area contributed by atoms with Gasteiger partial charge in [0, 0.05) is 38.3 Å². The number of carbonyl (C=O) groups is 2. The van der Waals surface area contributed by atoms with Gasteiger partial charge in [0.2, 0.25) is 11.8 Å². The molecular weight excluding hydrogens is 252 g/mol. The maximum atomic E-state index is 11.7. The monoisotopic (exact) mass is 266 g/mol. The van der Waals surface area contributed by atoms with Crippen molar-refractivity contribution in [3.8, 4) is 0 Å². The lowest BCUT2D eigenvalue weighted by atomic mass is 10.2. The van der Waals surface area contributed by atoms with Crippen molar-refractivity contribution < 1.29 is 9.59 Å². The van der Waals surface area contributed by atoms with E-state index in [2.05, 4.69) is 0 Å². The Morgan fingerprint density at radius 3 is 2.44 bits per heavy atom. The fourth-order valence-corrected chi connectivity index (χ4v) is 2.22. The maximum Gasteiger partial charge on any atom is 0.228 e. The van der Waals surface area contributed by atoms with E-state index in [-0.39, 0.29) is 17.2 Å². The first-order valence-corrected chi connectivity index (χ1v) is 6.21. The summed E-state index contributed by atoms with van der Waals surface area (Å²) in [7, 11) is 1.72. The van der Waals surface area contributed by atoms with Crippen LogP contribution in [0, 0.1) is 0 Å². The van der Waals surface area contributed by atoms with E-state index in [4.69, 9.17) is 11.6 Å². The van der Waals surface area contributed by atoms with Gasteiger partial charge in [-0.2, -0.15) is 0 Å². The van der Waals surface area contributed by atoms with Gasteiger partial charge in [-0.1, -0.05) is 0 Å². The molecule has 2 rings (SSSR count). The third kappa shape index (κ3) is 2.48. The van der Waals surface area contributed by atoms with Gasteiger partial charge >= 0.3 is 0 Å². The van der Waals surface area contributed by atoms with Gasteiger partial charge in [-0.15, -0.1) is 11.6 Å². The Bertz CT molecular complexity index is 472. The molecule has 96 valence electrons.